The van der Waals surface area contributed by atoms with Crippen LogP contribution < -0.4 is 0 Å². The second-order valence-corrected chi connectivity index (χ2v) is 5.72. The van der Waals surface area contributed by atoms with E-state index < -0.39 is 0 Å². The van der Waals surface area contributed by atoms with E-state index >= 15 is 0 Å². The van der Waals surface area contributed by atoms with E-state index in [1.165, 1.54) is 22.3 Å². The summed E-state index contributed by atoms with van der Waals surface area (Å²) in [7, 11) is 0. The van der Waals surface area contributed by atoms with Gasteiger partial charge in [0.05, 0.1) is 0 Å². The Morgan fingerprint density at radius 3 is 1.27 bits per heavy atom. The summed E-state index contributed by atoms with van der Waals surface area (Å²) in [5.41, 5.74) is 6.06. The van der Waals surface area contributed by atoms with Gasteiger partial charge in [0, 0.05) is 0 Å². The van der Waals surface area contributed by atoms with Crippen molar-refractivity contribution in [2.75, 3.05) is 0 Å². The molecule has 0 aliphatic heterocycles. The summed E-state index contributed by atoms with van der Waals surface area (Å²) in [6.45, 7) is 11.2. The van der Waals surface area contributed by atoms with Crippen molar-refractivity contribution >= 4 is 16.5 Å². The van der Waals surface area contributed by atoms with Crippen LogP contribution in [-0.4, -0.2) is 16.5 Å². The molecule has 0 aromatic carbocycles. The maximum atomic E-state index is 2.30. The fourth-order valence-corrected chi connectivity index (χ4v) is 2.38. The molecule has 3 radical (unpaired) electrons. The Balaban J connectivity index is 3.27. The molecule has 1 rings (SSSR count). The summed E-state index contributed by atoms with van der Waals surface area (Å²) < 4.78 is 0.314. The molecule has 0 aromatic rings. The van der Waals surface area contributed by atoms with Crippen LogP contribution >= 0.6 is 0 Å². The van der Waals surface area contributed by atoms with Crippen molar-refractivity contribution in [1.29, 1.82) is 0 Å². The van der Waals surface area contributed by atoms with E-state index in [1.807, 2.05) is 0 Å². The van der Waals surface area contributed by atoms with Gasteiger partial charge in [-0.25, -0.2) is 0 Å². The molecule has 1 aliphatic rings. The zero-order valence-corrected chi connectivity index (χ0v) is 10.1. The molecule has 0 unspecified atom stereocenters. The van der Waals surface area contributed by atoms with Crippen LogP contribution in [0.1, 0.15) is 34.6 Å². The van der Waals surface area contributed by atoms with Crippen LogP contribution in [0.25, 0.3) is 0 Å². The third-order valence-corrected chi connectivity index (χ3v) is 4.76. The first-order chi connectivity index (χ1) is 4.89. The average molecular weight is 208 g/mol. The zero-order valence-electron chi connectivity index (χ0n) is 8.00. The fourth-order valence-electron chi connectivity index (χ4n) is 1.59. The van der Waals surface area contributed by atoms with Gasteiger partial charge in [-0.3, -0.25) is 0 Å². The molecule has 11 heavy (non-hydrogen) atoms. The Morgan fingerprint density at radius 1 is 0.909 bits per heavy atom. The van der Waals surface area contributed by atoms with Crippen molar-refractivity contribution in [3.05, 3.63) is 22.3 Å². The summed E-state index contributed by atoms with van der Waals surface area (Å²) in [5.74, 6) is 0. The summed E-state index contributed by atoms with van der Waals surface area (Å²) in [4.78, 5) is 0. The second kappa shape index (κ2) is 2.51. The Hall–Kier alpha value is 0.0229. The van der Waals surface area contributed by atoms with Crippen LogP contribution in [0.5, 0.6) is 0 Å². The topological polar surface area (TPSA) is 0 Å². The molecule has 0 saturated heterocycles. The minimum absolute atomic E-state index is 0.314. The predicted molar refractivity (Wildman–Crippen MR) is 50.9 cm³/mol. The van der Waals surface area contributed by atoms with Crippen LogP contribution in [0.3, 0.4) is 0 Å². The van der Waals surface area contributed by atoms with Crippen molar-refractivity contribution in [3.8, 4) is 0 Å². The monoisotopic (exact) mass is 209 g/mol. The Morgan fingerprint density at radius 2 is 1.18 bits per heavy atom. The Kier molecular flexibility index (Phi) is 2.08. The van der Waals surface area contributed by atoms with Gasteiger partial charge in [0.2, 0.25) is 0 Å². The Bertz CT molecular complexity index is 228. The van der Waals surface area contributed by atoms with Gasteiger partial charge in [0.1, 0.15) is 0 Å². The molecule has 0 spiro atoms. The van der Waals surface area contributed by atoms with Gasteiger partial charge in [0.25, 0.3) is 0 Å². The summed E-state index contributed by atoms with van der Waals surface area (Å²) in [6.07, 6.45) is 0. The molecule has 59 valence electrons. The van der Waals surface area contributed by atoms with Gasteiger partial charge < -0.3 is 0 Å². The standard InChI is InChI=1S/C10H15Ge/c1-6-7(2)9(4)10(5,11)8(6)3/h1-5H3. The van der Waals surface area contributed by atoms with Crippen molar-refractivity contribution in [3.63, 3.8) is 0 Å². The number of hydrogen-bond donors (Lipinski definition) is 0. The molecule has 0 aromatic heterocycles. The molecular weight excluding hydrogens is 193 g/mol. The molecule has 1 aliphatic carbocycles. The van der Waals surface area contributed by atoms with Gasteiger partial charge in [-0.05, 0) is 0 Å². The third kappa shape index (κ3) is 1.12. The van der Waals surface area contributed by atoms with E-state index in [9.17, 15) is 0 Å². The van der Waals surface area contributed by atoms with E-state index in [0.717, 1.165) is 0 Å². The fraction of sp³-hybridized carbons (Fsp3) is 0.600. The van der Waals surface area contributed by atoms with Crippen LogP contribution in [-0.2, 0) is 0 Å². The molecule has 0 heterocycles. The molecule has 0 fully saturated rings. The van der Waals surface area contributed by atoms with Crippen LogP contribution in [0.15, 0.2) is 22.3 Å². The first-order valence-corrected chi connectivity index (χ1v) is 5.05. The molecule has 0 nitrogen and oxygen atoms in total. The van der Waals surface area contributed by atoms with Crippen molar-refractivity contribution in [1.82, 2.24) is 0 Å². The molecular formula is C10H15Ge. The van der Waals surface area contributed by atoms with Gasteiger partial charge in [0.15, 0.2) is 0 Å². The quantitative estimate of drug-likeness (QED) is 0.536. The van der Waals surface area contributed by atoms with E-state index in [0.29, 0.717) is 4.25 Å². The molecule has 1 heteroatoms. The van der Waals surface area contributed by atoms with Crippen LogP contribution in [0, 0.1) is 0 Å². The van der Waals surface area contributed by atoms with E-state index in [-0.39, 0.29) is 0 Å². The zero-order chi connectivity index (χ0) is 8.81. The van der Waals surface area contributed by atoms with Gasteiger partial charge >= 0.3 is 77.7 Å². The maximum absolute atomic E-state index is 2.30. The normalized spacial score (nSPS) is 23.5. The van der Waals surface area contributed by atoms with Crippen molar-refractivity contribution < 1.29 is 0 Å². The SMILES string of the molecule is CC1=C(C)[C](C)([Ge])C(C)=C1C. The summed E-state index contributed by atoms with van der Waals surface area (Å²) in [6, 6.07) is 0. The third-order valence-electron chi connectivity index (χ3n) is 3.19. The number of rotatable bonds is 0. The van der Waals surface area contributed by atoms with E-state index in [2.05, 4.69) is 51.1 Å². The molecule has 0 bridgehead atoms. The number of hydrogen-bond acceptors (Lipinski definition) is 0. The van der Waals surface area contributed by atoms with Gasteiger partial charge in [-0.15, -0.1) is 0 Å². The second-order valence-electron chi connectivity index (χ2n) is 3.62. The summed E-state index contributed by atoms with van der Waals surface area (Å²) >= 11 is 2.30. The van der Waals surface area contributed by atoms with E-state index in [4.69, 9.17) is 0 Å². The van der Waals surface area contributed by atoms with Gasteiger partial charge in [-0.1, -0.05) is 0 Å². The molecule has 0 N–H and O–H groups in total. The Labute approximate surface area is 78.0 Å². The molecule has 0 saturated carbocycles. The van der Waals surface area contributed by atoms with Gasteiger partial charge in [-0.2, -0.15) is 0 Å². The van der Waals surface area contributed by atoms with Crippen molar-refractivity contribution in [2.45, 2.75) is 38.9 Å². The summed E-state index contributed by atoms with van der Waals surface area (Å²) in [5, 5.41) is 0. The van der Waals surface area contributed by atoms with Crippen LogP contribution in [0.2, 0.25) is 4.25 Å². The van der Waals surface area contributed by atoms with Crippen molar-refractivity contribution in [2.24, 2.45) is 0 Å². The average Bonchev–Trinajstić information content (AvgIpc) is 2.06. The molecule has 0 amide bonds. The predicted octanol–water partition coefficient (Wildman–Crippen LogP) is 3.02. The molecule has 0 atom stereocenters. The number of allylic oxidation sites excluding steroid dienone is 4. The first kappa shape index (κ1) is 9.11. The minimum atomic E-state index is 0.314. The first-order valence-electron chi connectivity index (χ1n) is 4.00. The van der Waals surface area contributed by atoms with Crippen LogP contribution in [0.4, 0.5) is 0 Å². The van der Waals surface area contributed by atoms with E-state index in [1.54, 1.807) is 0 Å².